The van der Waals surface area contributed by atoms with Crippen molar-refractivity contribution in [3.8, 4) is 11.5 Å². The lowest BCUT2D eigenvalue weighted by molar-refractivity contribution is 0.0924. The monoisotopic (exact) mass is 395 g/mol. The number of piperidine rings is 1. The molecule has 2 aliphatic rings. The van der Waals surface area contributed by atoms with Crippen LogP contribution in [-0.2, 0) is 0 Å². The molecule has 2 aliphatic heterocycles. The van der Waals surface area contributed by atoms with Crippen molar-refractivity contribution in [2.75, 3.05) is 0 Å². The van der Waals surface area contributed by atoms with E-state index in [-0.39, 0.29) is 36.8 Å². The first-order valence-electron chi connectivity index (χ1n) is 8.51. The first-order valence-corrected chi connectivity index (χ1v) is 8.51. The Morgan fingerprint density at radius 2 is 1.73 bits per heavy atom. The van der Waals surface area contributed by atoms with Gasteiger partial charge in [0.05, 0.1) is 6.20 Å². The molecule has 1 aromatic carbocycles. The molecule has 0 radical (unpaired) electrons. The number of benzene rings is 1. The number of carbonyl (C=O) groups excluding carboxylic acids is 1. The highest BCUT2D eigenvalue weighted by molar-refractivity contribution is 5.94. The van der Waals surface area contributed by atoms with Crippen molar-refractivity contribution in [3.63, 3.8) is 0 Å². The van der Waals surface area contributed by atoms with E-state index in [4.69, 9.17) is 4.74 Å². The van der Waals surface area contributed by atoms with Crippen LogP contribution in [0.4, 0.5) is 0 Å². The van der Waals surface area contributed by atoms with Crippen LogP contribution in [0, 0.1) is 0 Å². The molecule has 3 heterocycles. The van der Waals surface area contributed by atoms with Crippen molar-refractivity contribution in [1.82, 2.24) is 15.6 Å². The number of fused-ring (bicyclic) bond motifs is 2. The van der Waals surface area contributed by atoms with Gasteiger partial charge in [0, 0.05) is 29.9 Å². The zero-order valence-corrected chi connectivity index (χ0v) is 15.9. The van der Waals surface area contributed by atoms with Crippen molar-refractivity contribution < 1.29 is 9.53 Å². The Kier molecular flexibility index (Phi) is 7.26. The van der Waals surface area contributed by atoms with Gasteiger partial charge in [-0.2, -0.15) is 0 Å². The van der Waals surface area contributed by atoms with E-state index in [0.717, 1.165) is 12.8 Å². The van der Waals surface area contributed by atoms with Gasteiger partial charge in [-0.25, -0.2) is 0 Å². The summed E-state index contributed by atoms with van der Waals surface area (Å²) in [4.78, 5) is 16.4. The number of halogens is 2. The Morgan fingerprint density at radius 1 is 1.04 bits per heavy atom. The number of amides is 1. The first-order chi connectivity index (χ1) is 11.8. The summed E-state index contributed by atoms with van der Waals surface area (Å²) in [5.74, 6) is 1.37. The van der Waals surface area contributed by atoms with Gasteiger partial charge in [0.25, 0.3) is 5.91 Å². The van der Waals surface area contributed by atoms with Crippen LogP contribution in [0.25, 0.3) is 0 Å². The predicted molar refractivity (Wildman–Crippen MR) is 106 cm³/mol. The van der Waals surface area contributed by atoms with E-state index < -0.39 is 0 Å². The Labute approximate surface area is 165 Å². The molecule has 2 aromatic rings. The lowest BCUT2D eigenvalue weighted by Crippen LogP contribution is -2.48. The summed E-state index contributed by atoms with van der Waals surface area (Å²) >= 11 is 0. The Balaban J connectivity index is 0.00000121. The molecular weight excluding hydrogens is 373 g/mol. The van der Waals surface area contributed by atoms with Gasteiger partial charge < -0.3 is 15.4 Å². The zero-order chi connectivity index (χ0) is 16.4. The van der Waals surface area contributed by atoms with E-state index in [0.29, 0.717) is 29.1 Å². The molecule has 2 N–H and O–H groups in total. The minimum atomic E-state index is -0.00534. The molecule has 26 heavy (non-hydrogen) atoms. The van der Waals surface area contributed by atoms with Gasteiger partial charge in [0.1, 0.15) is 11.5 Å². The van der Waals surface area contributed by atoms with Crippen LogP contribution >= 0.6 is 24.8 Å². The first kappa shape index (κ1) is 20.5. The van der Waals surface area contributed by atoms with Crippen LogP contribution in [0.5, 0.6) is 11.5 Å². The SMILES string of the molecule is Cl.Cl.O=C(NC1CC2CCC(C1)N2)c1ccc(Oc2cccnc2)cc1. The molecule has 2 bridgehead atoms. The number of aromatic nitrogens is 1. The summed E-state index contributed by atoms with van der Waals surface area (Å²) in [6, 6.07) is 12.3. The second-order valence-electron chi connectivity index (χ2n) is 6.59. The molecule has 1 aromatic heterocycles. The van der Waals surface area contributed by atoms with Gasteiger partial charge in [0.2, 0.25) is 0 Å². The normalized spacial score (nSPS) is 23.3. The van der Waals surface area contributed by atoms with Gasteiger partial charge in [-0.05, 0) is 62.1 Å². The van der Waals surface area contributed by atoms with Crippen LogP contribution in [0.2, 0.25) is 0 Å². The average Bonchev–Trinajstić information content (AvgIpc) is 2.95. The number of nitrogens with zero attached hydrogens (tertiary/aromatic N) is 1. The Morgan fingerprint density at radius 3 is 2.35 bits per heavy atom. The molecule has 5 nitrogen and oxygen atoms in total. The Bertz CT molecular complexity index is 700. The maximum atomic E-state index is 12.4. The van der Waals surface area contributed by atoms with Crippen LogP contribution < -0.4 is 15.4 Å². The number of ether oxygens (including phenoxy) is 1. The maximum absolute atomic E-state index is 12.4. The molecule has 2 unspecified atom stereocenters. The summed E-state index contributed by atoms with van der Waals surface area (Å²) < 4.78 is 5.70. The third-order valence-corrected chi connectivity index (χ3v) is 4.79. The quantitative estimate of drug-likeness (QED) is 0.827. The fourth-order valence-corrected chi connectivity index (χ4v) is 3.66. The minimum Gasteiger partial charge on any atom is -0.456 e. The molecule has 0 saturated carbocycles. The predicted octanol–water partition coefficient (Wildman–Crippen LogP) is 3.73. The highest BCUT2D eigenvalue weighted by Gasteiger charge is 2.34. The second-order valence-corrected chi connectivity index (χ2v) is 6.59. The summed E-state index contributed by atoms with van der Waals surface area (Å²) in [6.07, 6.45) is 7.89. The second kappa shape index (κ2) is 9.21. The number of carbonyl (C=O) groups is 1. The third-order valence-electron chi connectivity index (χ3n) is 4.79. The maximum Gasteiger partial charge on any atom is 0.251 e. The van der Waals surface area contributed by atoms with E-state index in [1.807, 2.05) is 24.3 Å². The molecule has 4 rings (SSSR count). The van der Waals surface area contributed by atoms with E-state index in [9.17, 15) is 4.79 Å². The van der Waals surface area contributed by atoms with Crippen molar-refractivity contribution in [3.05, 3.63) is 54.4 Å². The van der Waals surface area contributed by atoms with E-state index >= 15 is 0 Å². The molecule has 7 heteroatoms. The van der Waals surface area contributed by atoms with E-state index in [1.54, 1.807) is 24.5 Å². The molecule has 1 amide bonds. The summed E-state index contributed by atoms with van der Waals surface area (Å²) in [5, 5.41) is 6.77. The van der Waals surface area contributed by atoms with Gasteiger partial charge in [-0.15, -0.1) is 24.8 Å². The van der Waals surface area contributed by atoms with Crippen molar-refractivity contribution in [1.29, 1.82) is 0 Å². The van der Waals surface area contributed by atoms with Gasteiger partial charge in [-0.3, -0.25) is 9.78 Å². The van der Waals surface area contributed by atoms with Crippen molar-refractivity contribution in [2.24, 2.45) is 0 Å². The molecule has 140 valence electrons. The highest BCUT2D eigenvalue weighted by atomic mass is 35.5. The Hall–Kier alpha value is -1.82. The molecule has 0 aliphatic carbocycles. The lowest BCUT2D eigenvalue weighted by Gasteiger charge is -2.29. The smallest absolute Gasteiger partial charge is 0.251 e. The molecule has 0 spiro atoms. The standard InChI is InChI=1S/C19H21N3O2.2ClH/c23-19(22-16-10-14-5-6-15(11-16)21-14)13-3-7-17(8-4-13)24-18-2-1-9-20-12-18;;/h1-4,7-9,12,14-16,21H,5-6,10-11H2,(H,22,23);2*1H. The number of pyridine rings is 1. The zero-order valence-electron chi connectivity index (χ0n) is 14.3. The lowest BCUT2D eigenvalue weighted by atomic mass is 9.99. The van der Waals surface area contributed by atoms with E-state index in [2.05, 4.69) is 15.6 Å². The number of nitrogens with one attached hydrogen (secondary N) is 2. The van der Waals surface area contributed by atoms with Crippen LogP contribution in [0.3, 0.4) is 0 Å². The van der Waals surface area contributed by atoms with Crippen LogP contribution in [-0.4, -0.2) is 29.0 Å². The number of rotatable bonds is 4. The number of hydrogen-bond acceptors (Lipinski definition) is 4. The minimum absolute atomic E-state index is 0. The van der Waals surface area contributed by atoms with E-state index in [1.165, 1.54) is 12.8 Å². The van der Waals surface area contributed by atoms with Gasteiger partial charge in [0.15, 0.2) is 0 Å². The average molecular weight is 396 g/mol. The summed E-state index contributed by atoms with van der Waals surface area (Å²) in [7, 11) is 0. The van der Waals surface area contributed by atoms with Crippen LogP contribution in [0.15, 0.2) is 48.8 Å². The van der Waals surface area contributed by atoms with Gasteiger partial charge in [-0.1, -0.05) is 0 Å². The van der Waals surface area contributed by atoms with Gasteiger partial charge >= 0.3 is 0 Å². The van der Waals surface area contributed by atoms with Crippen LogP contribution in [0.1, 0.15) is 36.0 Å². The molecule has 2 atom stereocenters. The summed E-state index contributed by atoms with van der Waals surface area (Å²) in [6.45, 7) is 0. The topological polar surface area (TPSA) is 63.2 Å². The van der Waals surface area contributed by atoms with Crippen molar-refractivity contribution >= 4 is 30.7 Å². The molecule has 2 saturated heterocycles. The third kappa shape index (κ3) is 4.87. The fraction of sp³-hybridized carbons (Fsp3) is 0.368. The molecule has 2 fully saturated rings. The fourth-order valence-electron chi connectivity index (χ4n) is 3.66. The molecular formula is C19H23Cl2N3O2. The summed E-state index contributed by atoms with van der Waals surface area (Å²) in [5.41, 5.74) is 0.666. The van der Waals surface area contributed by atoms with Crippen molar-refractivity contribution in [2.45, 2.75) is 43.8 Å². The highest BCUT2D eigenvalue weighted by Crippen LogP contribution is 2.27. The number of hydrogen-bond donors (Lipinski definition) is 2. The largest absolute Gasteiger partial charge is 0.456 e.